The summed E-state index contributed by atoms with van der Waals surface area (Å²) in [6.07, 6.45) is -0.733. The predicted octanol–water partition coefficient (Wildman–Crippen LogP) is 4.19. The molecule has 180 valence electrons. The van der Waals surface area contributed by atoms with E-state index in [0.717, 1.165) is 29.0 Å². The number of fused-ring (bicyclic) bond motifs is 1. The maximum atomic E-state index is 13.1. The molecule has 9 heteroatoms. The van der Waals surface area contributed by atoms with Gasteiger partial charge in [0.05, 0.1) is 11.5 Å². The fourth-order valence-corrected chi connectivity index (χ4v) is 4.66. The summed E-state index contributed by atoms with van der Waals surface area (Å²) in [5.41, 5.74) is 2.22. The van der Waals surface area contributed by atoms with Gasteiger partial charge in [0.1, 0.15) is 0 Å². The maximum absolute atomic E-state index is 13.1. The minimum Gasteiger partial charge on any atom is -0.353 e. The molecule has 1 N–H and O–H groups in total. The van der Waals surface area contributed by atoms with E-state index < -0.39 is 17.7 Å². The first kappa shape index (κ1) is 23.0. The van der Waals surface area contributed by atoms with Gasteiger partial charge in [-0.25, -0.2) is 9.97 Å². The lowest BCUT2D eigenvalue weighted by molar-refractivity contribution is -0.137. The Hall–Kier alpha value is -3.75. The summed E-state index contributed by atoms with van der Waals surface area (Å²) >= 11 is 0. The molecule has 1 aliphatic carbocycles. The van der Waals surface area contributed by atoms with E-state index in [4.69, 9.17) is 4.98 Å². The van der Waals surface area contributed by atoms with Gasteiger partial charge in [0, 0.05) is 42.1 Å². The van der Waals surface area contributed by atoms with E-state index in [0.29, 0.717) is 25.1 Å². The van der Waals surface area contributed by atoms with Gasteiger partial charge in [-0.15, -0.1) is 0 Å². The van der Waals surface area contributed by atoms with E-state index in [1.54, 1.807) is 6.20 Å². The lowest BCUT2D eigenvalue weighted by Crippen LogP contribution is -2.42. The molecule has 2 atom stereocenters. The largest absolute Gasteiger partial charge is 0.416 e. The van der Waals surface area contributed by atoms with Crippen molar-refractivity contribution in [2.45, 2.75) is 37.9 Å². The van der Waals surface area contributed by atoms with Crippen LogP contribution in [-0.4, -0.2) is 34.4 Å². The number of hydrogen-bond donors (Lipinski definition) is 1. The van der Waals surface area contributed by atoms with Crippen LogP contribution in [-0.2, 0) is 28.6 Å². The minimum atomic E-state index is -4.50. The highest BCUT2D eigenvalue weighted by molar-refractivity contribution is 6.00. The van der Waals surface area contributed by atoms with Crippen LogP contribution in [0.25, 0.3) is 11.4 Å². The van der Waals surface area contributed by atoms with E-state index in [9.17, 15) is 22.8 Å². The Morgan fingerprint density at radius 3 is 2.63 bits per heavy atom. The number of anilines is 1. The molecule has 35 heavy (non-hydrogen) atoms. The number of halogens is 3. The number of nitrogens with one attached hydrogen (secondary N) is 1. The molecule has 0 spiro atoms. The lowest BCUT2D eigenvalue weighted by atomic mass is 9.92. The van der Waals surface area contributed by atoms with Crippen molar-refractivity contribution < 1.29 is 22.8 Å². The zero-order chi connectivity index (χ0) is 24.6. The SMILES string of the molecule is O=C(N[C@@H]1CCc2nc(-c3ccccc3)ncc2C1)[C@@H]1CC(=O)N(c2cccc(C(F)(F)F)c2)C1. The summed E-state index contributed by atoms with van der Waals surface area (Å²) in [4.78, 5) is 35.8. The third-order valence-corrected chi connectivity index (χ3v) is 6.51. The van der Waals surface area contributed by atoms with Gasteiger partial charge in [-0.2, -0.15) is 13.2 Å². The van der Waals surface area contributed by atoms with Crippen molar-refractivity contribution >= 4 is 17.5 Å². The fourth-order valence-electron chi connectivity index (χ4n) is 4.66. The van der Waals surface area contributed by atoms with Gasteiger partial charge in [0.25, 0.3) is 0 Å². The molecule has 0 radical (unpaired) electrons. The zero-order valence-electron chi connectivity index (χ0n) is 18.8. The summed E-state index contributed by atoms with van der Waals surface area (Å²) in [5.74, 6) is -0.565. The van der Waals surface area contributed by atoms with Crippen molar-refractivity contribution in [1.82, 2.24) is 15.3 Å². The molecular weight excluding hydrogens is 457 g/mol. The van der Waals surface area contributed by atoms with Crippen LogP contribution in [0.2, 0.25) is 0 Å². The topological polar surface area (TPSA) is 75.2 Å². The number of rotatable bonds is 4. The summed E-state index contributed by atoms with van der Waals surface area (Å²) in [6.45, 7) is 0.0544. The maximum Gasteiger partial charge on any atom is 0.416 e. The Kier molecular flexibility index (Phi) is 6.00. The van der Waals surface area contributed by atoms with Crippen LogP contribution in [0, 0.1) is 5.92 Å². The van der Waals surface area contributed by atoms with E-state index in [-0.39, 0.29) is 36.5 Å². The van der Waals surface area contributed by atoms with Gasteiger partial charge in [-0.1, -0.05) is 36.4 Å². The van der Waals surface area contributed by atoms with Crippen LogP contribution in [0.5, 0.6) is 0 Å². The number of aromatic nitrogens is 2. The van der Waals surface area contributed by atoms with Crippen LogP contribution in [0.1, 0.15) is 29.7 Å². The fraction of sp³-hybridized carbons (Fsp3) is 0.308. The Bertz CT molecular complexity index is 1260. The van der Waals surface area contributed by atoms with Crippen molar-refractivity contribution in [2.24, 2.45) is 5.92 Å². The van der Waals surface area contributed by atoms with Crippen molar-refractivity contribution in [2.75, 3.05) is 11.4 Å². The van der Waals surface area contributed by atoms with E-state index in [1.165, 1.54) is 17.0 Å². The standard InChI is InChI=1S/C26H23F3N4O2/c27-26(28,29)19-7-4-8-21(13-19)33-15-18(12-23(33)34)25(35)31-20-9-10-22-17(11-20)14-30-24(32-22)16-5-2-1-3-6-16/h1-8,13-14,18,20H,9-12,15H2,(H,31,35)/t18-,20-/m1/s1. The quantitative estimate of drug-likeness (QED) is 0.608. The molecule has 3 aromatic rings. The van der Waals surface area contributed by atoms with Gasteiger partial charge in [-0.3, -0.25) is 9.59 Å². The molecule has 1 fully saturated rings. The highest BCUT2D eigenvalue weighted by Crippen LogP contribution is 2.33. The molecule has 2 amide bonds. The highest BCUT2D eigenvalue weighted by atomic mass is 19.4. The van der Waals surface area contributed by atoms with Gasteiger partial charge in [0.2, 0.25) is 11.8 Å². The summed E-state index contributed by atoms with van der Waals surface area (Å²) in [5, 5.41) is 3.02. The molecule has 5 rings (SSSR count). The molecular formula is C26H23F3N4O2. The number of aryl methyl sites for hydroxylation is 1. The second-order valence-electron chi connectivity index (χ2n) is 8.93. The van der Waals surface area contributed by atoms with Gasteiger partial charge in [-0.05, 0) is 43.0 Å². The molecule has 0 bridgehead atoms. The van der Waals surface area contributed by atoms with Crippen molar-refractivity contribution in [1.29, 1.82) is 0 Å². The zero-order valence-corrected chi connectivity index (χ0v) is 18.8. The van der Waals surface area contributed by atoms with E-state index >= 15 is 0 Å². The number of benzene rings is 2. The Balaban J connectivity index is 1.22. The Labute approximate surface area is 200 Å². The molecule has 2 aromatic carbocycles. The minimum absolute atomic E-state index is 0.0328. The Morgan fingerprint density at radius 1 is 1.06 bits per heavy atom. The third-order valence-electron chi connectivity index (χ3n) is 6.51. The van der Waals surface area contributed by atoms with E-state index in [2.05, 4.69) is 10.3 Å². The molecule has 6 nitrogen and oxygen atoms in total. The molecule has 2 heterocycles. The van der Waals surface area contributed by atoms with Crippen molar-refractivity contribution in [3.63, 3.8) is 0 Å². The first-order valence-electron chi connectivity index (χ1n) is 11.5. The molecule has 0 saturated carbocycles. The summed E-state index contributed by atoms with van der Waals surface area (Å²) < 4.78 is 39.2. The van der Waals surface area contributed by atoms with Gasteiger partial charge < -0.3 is 10.2 Å². The van der Waals surface area contributed by atoms with Crippen LogP contribution in [0.15, 0.2) is 60.8 Å². The van der Waals surface area contributed by atoms with Crippen LogP contribution >= 0.6 is 0 Å². The first-order chi connectivity index (χ1) is 16.8. The van der Waals surface area contributed by atoms with Crippen LogP contribution in [0.3, 0.4) is 0 Å². The molecule has 1 aromatic heterocycles. The molecule has 0 unspecified atom stereocenters. The smallest absolute Gasteiger partial charge is 0.353 e. The number of carbonyl (C=O) groups excluding carboxylic acids is 2. The highest BCUT2D eigenvalue weighted by Gasteiger charge is 2.37. The van der Waals surface area contributed by atoms with Gasteiger partial charge in [0.15, 0.2) is 5.82 Å². The normalized spacial score (nSPS) is 20.0. The third kappa shape index (κ3) is 4.89. The number of carbonyl (C=O) groups is 2. The predicted molar refractivity (Wildman–Crippen MR) is 123 cm³/mol. The van der Waals surface area contributed by atoms with Gasteiger partial charge >= 0.3 is 6.18 Å². The van der Waals surface area contributed by atoms with Crippen LogP contribution < -0.4 is 10.2 Å². The molecule has 1 saturated heterocycles. The van der Waals surface area contributed by atoms with E-state index in [1.807, 2.05) is 30.3 Å². The molecule has 2 aliphatic rings. The monoisotopic (exact) mass is 480 g/mol. The number of alkyl halides is 3. The second kappa shape index (κ2) is 9.13. The average Bonchev–Trinajstić information content (AvgIpc) is 3.25. The lowest BCUT2D eigenvalue weighted by Gasteiger charge is -2.26. The number of amides is 2. The molecule has 1 aliphatic heterocycles. The summed E-state index contributed by atoms with van der Waals surface area (Å²) in [7, 11) is 0. The average molecular weight is 480 g/mol. The summed E-state index contributed by atoms with van der Waals surface area (Å²) in [6, 6.07) is 14.2. The Morgan fingerprint density at radius 2 is 1.86 bits per heavy atom. The number of nitrogens with zero attached hydrogens (tertiary/aromatic N) is 3. The second-order valence-corrected chi connectivity index (χ2v) is 8.93. The number of hydrogen-bond acceptors (Lipinski definition) is 4. The van der Waals surface area contributed by atoms with Crippen LogP contribution in [0.4, 0.5) is 18.9 Å². The van der Waals surface area contributed by atoms with Crippen molar-refractivity contribution in [3.8, 4) is 11.4 Å². The first-order valence-corrected chi connectivity index (χ1v) is 11.5. The van der Waals surface area contributed by atoms with Crippen molar-refractivity contribution in [3.05, 3.63) is 77.6 Å².